The van der Waals surface area contributed by atoms with Crippen LogP contribution in [0.2, 0.25) is 0 Å². The van der Waals surface area contributed by atoms with Crippen molar-refractivity contribution in [2.24, 2.45) is 5.92 Å². The van der Waals surface area contributed by atoms with Crippen LogP contribution in [-0.2, 0) is 0 Å². The lowest BCUT2D eigenvalue weighted by atomic mass is 10.1. The van der Waals surface area contributed by atoms with Gasteiger partial charge in [0.25, 0.3) is 5.91 Å². The molecular formula is C15H24N2OS. The Bertz CT molecular complexity index is 401. The van der Waals surface area contributed by atoms with Crippen molar-refractivity contribution >= 4 is 18.5 Å². The first-order valence-electron chi connectivity index (χ1n) is 6.63. The second kappa shape index (κ2) is 7.56. The fourth-order valence-corrected chi connectivity index (χ4v) is 1.97. The van der Waals surface area contributed by atoms with Crippen LogP contribution in [-0.4, -0.2) is 49.4 Å². The van der Waals surface area contributed by atoms with Gasteiger partial charge in [0.05, 0.1) is 0 Å². The smallest absolute Gasteiger partial charge is 0.253 e. The van der Waals surface area contributed by atoms with Gasteiger partial charge in [-0.25, -0.2) is 0 Å². The van der Waals surface area contributed by atoms with E-state index in [4.69, 9.17) is 0 Å². The number of nitrogens with zero attached hydrogens (tertiary/aromatic N) is 2. The van der Waals surface area contributed by atoms with Crippen molar-refractivity contribution in [3.05, 3.63) is 29.8 Å². The molecule has 0 fully saturated rings. The van der Waals surface area contributed by atoms with Crippen molar-refractivity contribution in [1.29, 1.82) is 0 Å². The van der Waals surface area contributed by atoms with Crippen LogP contribution in [0.25, 0.3) is 0 Å². The molecule has 0 aliphatic rings. The van der Waals surface area contributed by atoms with Gasteiger partial charge in [-0.2, -0.15) is 0 Å². The molecule has 1 rings (SSSR count). The number of hydrogen-bond donors (Lipinski definition) is 1. The second-order valence-electron chi connectivity index (χ2n) is 5.50. The third-order valence-electron chi connectivity index (χ3n) is 2.80. The van der Waals surface area contributed by atoms with Crippen LogP contribution in [0, 0.1) is 5.92 Å². The van der Waals surface area contributed by atoms with Crippen LogP contribution in [0.15, 0.2) is 29.2 Å². The number of likely N-dealkylation sites (N-methyl/N-ethyl adjacent to an activating group) is 1. The molecule has 0 radical (unpaired) electrons. The van der Waals surface area contributed by atoms with Crippen LogP contribution in [0.5, 0.6) is 0 Å². The fraction of sp³-hybridized carbons (Fsp3) is 0.533. The fourth-order valence-electron chi connectivity index (χ4n) is 1.82. The van der Waals surface area contributed by atoms with Gasteiger partial charge in [0.1, 0.15) is 0 Å². The summed E-state index contributed by atoms with van der Waals surface area (Å²) < 4.78 is 0. The lowest BCUT2D eigenvalue weighted by Gasteiger charge is -2.26. The van der Waals surface area contributed by atoms with Crippen LogP contribution in [0.3, 0.4) is 0 Å². The Kier molecular flexibility index (Phi) is 6.38. The molecule has 3 nitrogen and oxygen atoms in total. The Hall–Kier alpha value is -1.00. The normalized spacial score (nSPS) is 11.1. The number of rotatable bonds is 6. The number of amides is 1. The summed E-state index contributed by atoms with van der Waals surface area (Å²) in [7, 11) is 4.04. The molecule has 0 aliphatic carbocycles. The van der Waals surface area contributed by atoms with Crippen molar-refractivity contribution in [3.8, 4) is 0 Å². The third-order valence-corrected chi connectivity index (χ3v) is 3.10. The topological polar surface area (TPSA) is 23.6 Å². The SMILES string of the molecule is CC(C)CN(CCN(C)C)C(=O)c1ccc(S)cc1. The quantitative estimate of drug-likeness (QED) is 0.810. The van der Waals surface area contributed by atoms with E-state index in [2.05, 4.69) is 31.4 Å². The number of benzene rings is 1. The molecule has 0 aliphatic heterocycles. The minimum atomic E-state index is 0.101. The Morgan fingerprint density at radius 1 is 1.16 bits per heavy atom. The van der Waals surface area contributed by atoms with Crippen LogP contribution < -0.4 is 0 Å². The molecule has 0 heterocycles. The van der Waals surface area contributed by atoms with Gasteiger partial charge < -0.3 is 9.80 Å². The average Bonchev–Trinajstić information content (AvgIpc) is 2.34. The van der Waals surface area contributed by atoms with Gasteiger partial charge in [0, 0.05) is 30.1 Å². The Labute approximate surface area is 122 Å². The van der Waals surface area contributed by atoms with E-state index in [1.165, 1.54) is 0 Å². The van der Waals surface area contributed by atoms with Gasteiger partial charge in [-0.15, -0.1) is 12.6 Å². The van der Waals surface area contributed by atoms with E-state index in [9.17, 15) is 4.79 Å². The van der Waals surface area contributed by atoms with Gasteiger partial charge in [0.15, 0.2) is 0 Å². The summed E-state index contributed by atoms with van der Waals surface area (Å²) in [5.41, 5.74) is 0.734. The summed E-state index contributed by atoms with van der Waals surface area (Å²) >= 11 is 4.24. The zero-order valence-corrected chi connectivity index (χ0v) is 13.2. The molecule has 0 aromatic heterocycles. The molecule has 0 saturated carbocycles. The first-order chi connectivity index (χ1) is 8.90. The minimum absolute atomic E-state index is 0.101. The van der Waals surface area contributed by atoms with E-state index in [0.717, 1.165) is 30.1 Å². The largest absolute Gasteiger partial charge is 0.337 e. The Balaban J connectivity index is 2.77. The van der Waals surface area contributed by atoms with Crippen molar-refractivity contribution < 1.29 is 4.79 Å². The first kappa shape index (κ1) is 16.1. The molecule has 0 bridgehead atoms. The van der Waals surface area contributed by atoms with E-state index in [1.54, 1.807) is 0 Å². The number of thiol groups is 1. The van der Waals surface area contributed by atoms with E-state index >= 15 is 0 Å². The monoisotopic (exact) mass is 280 g/mol. The van der Waals surface area contributed by atoms with Crippen LogP contribution in [0.1, 0.15) is 24.2 Å². The first-order valence-corrected chi connectivity index (χ1v) is 7.08. The molecule has 1 aromatic carbocycles. The summed E-state index contributed by atoms with van der Waals surface area (Å²) in [6, 6.07) is 7.40. The average molecular weight is 280 g/mol. The van der Waals surface area contributed by atoms with Crippen molar-refractivity contribution in [2.45, 2.75) is 18.7 Å². The summed E-state index contributed by atoms with van der Waals surface area (Å²) in [4.78, 5) is 17.4. The van der Waals surface area contributed by atoms with Gasteiger partial charge >= 0.3 is 0 Å². The third kappa shape index (κ3) is 5.66. The van der Waals surface area contributed by atoms with E-state index in [-0.39, 0.29) is 5.91 Å². The molecule has 19 heavy (non-hydrogen) atoms. The zero-order valence-electron chi connectivity index (χ0n) is 12.3. The van der Waals surface area contributed by atoms with E-state index < -0.39 is 0 Å². The summed E-state index contributed by atoms with van der Waals surface area (Å²) in [6.45, 7) is 6.69. The number of hydrogen-bond acceptors (Lipinski definition) is 3. The number of carbonyl (C=O) groups excluding carboxylic acids is 1. The highest BCUT2D eigenvalue weighted by atomic mass is 32.1. The molecule has 1 aromatic rings. The molecule has 0 saturated heterocycles. The lowest BCUT2D eigenvalue weighted by Crippen LogP contribution is -2.38. The van der Waals surface area contributed by atoms with Gasteiger partial charge in [-0.1, -0.05) is 13.8 Å². The molecule has 0 atom stereocenters. The van der Waals surface area contributed by atoms with Gasteiger partial charge in [-0.05, 0) is 44.3 Å². The van der Waals surface area contributed by atoms with E-state index in [0.29, 0.717) is 5.92 Å². The van der Waals surface area contributed by atoms with Crippen LogP contribution >= 0.6 is 12.6 Å². The maximum atomic E-state index is 12.5. The molecule has 1 amide bonds. The molecule has 106 valence electrons. The maximum Gasteiger partial charge on any atom is 0.253 e. The van der Waals surface area contributed by atoms with Gasteiger partial charge in [0.2, 0.25) is 0 Å². The summed E-state index contributed by atoms with van der Waals surface area (Å²) in [6.07, 6.45) is 0. The highest BCUT2D eigenvalue weighted by Crippen LogP contribution is 2.11. The van der Waals surface area contributed by atoms with Gasteiger partial charge in [-0.3, -0.25) is 4.79 Å². The van der Waals surface area contributed by atoms with Crippen molar-refractivity contribution in [1.82, 2.24) is 9.80 Å². The van der Waals surface area contributed by atoms with Crippen LogP contribution in [0.4, 0.5) is 0 Å². The second-order valence-corrected chi connectivity index (χ2v) is 6.01. The summed E-state index contributed by atoms with van der Waals surface area (Å²) in [5, 5.41) is 0. The minimum Gasteiger partial charge on any atom is -0.337 e. The Morgan fingerprint density at radius 3 is 2.21 bits per heavy atom. The molecule has 0 spiro atoms. The van der Waals surface area contributed by atoms with E-state index in [1.807, 2.05) is 43.3 Å². The standard InChI is InChI=1S/C15H24N2OS/c1-12(2)11-17(10-9-16(3)4)15(18)13-5-7-14(19)8-6-13/h5-8,12,19H,9-11H2,1-4H3. The Morgan fingerprint density at radius 2 is 1.74 bits per heavy atom. The zero-order chi connectivity index (χ0) is 14.4. The summed E-state index contributed by atoms with van der Waals surface area (Å²) in [5.74, 6) is 0.569. The molecule has 0 unspecified atom stereocenters. The van der Waals surface area contributed by atoms with Crippen molar-refractivity contribution in [3.63, 3.8) is 0 Å². The maximum absolute atomic E-state index is 12.5. The van der Waals surface area contributed by atoms with Crippen molar-refractivity contribution in [2.75, 3.05) is 33.7 Å². The molecular weight excluding hydrogens is 256 g/mol. The predicted molar refractivity (Wildman–Crippen MR) is 83.0 cm³/mol. The predicted octanol–water partition coefficient (Wildman–Crippen LogP) is 2.64. The lowest BCUT2D eigenvalue weighted by molar-refractivity contribution is 0.0724. The number of carbonyl (C=O) groups is 1. The molecule has 4 heteroatoms. The highest BCUT2D eigenvalue weighted by molar-refractivity contribution is 7.80. The molecule has 0 N–H and O–H groups in total. The highest BCUT2D eigenvalue weighted by Gasteiger charge is 2.16.